The predicted molar refractivity (Wildman–Crippen MR) is 52.0 cm³/mol. The van der Waals surface area contributed by atoms with Crippen molar-refractivity contribution < 1.29 is 23.9 Å². The highest BCUT2D eigenvalue weighted by Crippen LogP contribution is 2.14. The molecule has 0 bridgehead atoms. The van der Waals surface area contributed by atoms with Gasteiger partial charge in [0.25, 0.3) is 5.78 Å². The molecule has 0 aromatic carbocycles. The first-order valence-electron chi connectivity index (χ1n) is 4.74. The fourth-order valence-electron chi connectivity index (χ4n) is 1.14. The van der Waals surface area contributed by atoms with Crippen LogP contribution in [0.2, 0.25) is 0 Å². The Hall–Kier alpha value is -1.39. The van der Waals surface area contributed by atoms with Gasteiger partial charge in [-0.15, -0.1) is 0 Å². The Morgan fingerprint density at radius 3 is 2.07 bits per heavy atom. The second kappa shape index (κ2) is 6.16. The van der Waals surface area contributed by atoms with Gasteiger partial charge in [0.05, 0.1) is 13.7 Å². The van der Waals surface area contributed by atoms with Crippen LogP contribution in [-0.4, -0.2) is 31.4 Å². The third-order valence-corrected chi connectivity index (χ3v) is 1.88. The molecule has 1 atom stereocenters. The van der Waals surface area contributed by atoms with Crippen LogP contribution in [0, 0.1) is 11.8 Å². The van der Waals surface area contributed by atoms with Crippen LogP contribution in [0.25, 0.3) is 0 Å². The number of carbonyl (C=O) groups is 3. The van der Waals surface area contributed by atoms with Crippen molar-refractivity contribution >= 4 is 17.7 Å². The number of Topliss-reactive ketones (excluding diaryl/α,β-unsaturated/α-hetero) is 1. The van der Waals surface area contributed by atoms with Gasteiger partial charge in [-0.25, -0.2) is 4.79 Å². The number of hydrogen-bond donors (Lipinski definition) is 0. The van der Waals surface area contributed by atoms with E-state index in [-0.39, 0.29) is 12.5 Å². The molecule has 0 aromatic heterocycles. The van der Waals surface area contributed by atoms with Crippen molar-refractivity contribution in [3.8, 4) is 0 Å². The van der Waals surface area contributed by atoms with Crippen LogP contribution >= 0.6 is 0 Å². The molecule has 1 unspecified atom stereocenters. The number of rotatable bonds is 5. The monoisotopic (exact) mass is 216 g/mol. The number of ketones is 1. The molecule has 0 aliphatic heterocycles. The fraction of sp³-hybridized carbons (Fsp3) is 0.700. The maximum atomic E-state index is 11.5. The third-order valence-electron chi connectivity index (χ3n) is 1.88. The van der Waals surface area contributed by atoms with Gasteiger partial charge in [-0.2, -0.15) is 0 Å². The van der Waals surface area contributed by atoms with Crippen molar-refractivity contribution in [2.45, 2.75) is 20.8 Å². The van der Waals surface area contributed by atoms with Gasteiger partial charge in [0.1, 0.15) is 5.92 Å². The molecule has 0 rings (SSSR count). The Kier molecular flexibility index (Phi) is 5.59. The van der Waals surface area contributed by atoms with Crippen LogP contribution in [0.4, 0.5) is 0 Å². The second-order valence-corrected chi connectivity index (χ2v) is 3.33. The average Bonchev–Trinajstić information content (AvgIpc) is 2.16. The first-order valence-corrected chi connectivity index (χ1v) is 4.74. The second-order valence-electron chi connectivity index (χ2n) is 3.33. The van der Waals surface area contributed by atoms with E-state index in [1.807, 2.05) is 0 Å². The van der Waals surface area contributed by atoms with Crippen LogP contribution in [0.1, 0.15) is 20.8 Å². The normalized spacial score (nSPS) is 12.1. The highest BCUT2D eigenvalue weighted by Gasteiger charge is 2.35. The fourth-order valence-corrected chi connectivity index (χ4v) is 1.14. The average molecular weight is 216 g/mol. The van der Waals surface area contributed by atoms with Crippen molar-refractivity contribution in [1.82, 2.24) is 0 Å². The zero-order valence-corrected chi connectivity index (χ0v) is 9.40. The molecule has 0 aromatic rings. The van der Waals surface area contributed by atoms with E-state index in [9.17, 15) is 14.4 Å². The molecule has 0 saturated heterocycles. The summed E-state index contributed by atoms with van der Waals surface area (Å²) in [7, 11) is 1.10. The first kappa shape index (κ1) is 13.6. The van der Waals surface area contributed by atoms with E-state index in [1.165, 1.54) is 0 Å². The zero-order chi connectivity index (χ0) is 12.0. The maximum Gasteiger partial charge on any atom is 0.375 e. The number of esters is 2. The van der Waals surface area contributed by atoms with Gasteiger partial charge < -0.3 is 9.47 Å². The summed E-state index contributed by atoms with van der Waals surface area (Å²) in [6.07, 6.45) is 0. The number of carbonyl (C=O) groups excluding carboxylic acids is 3. The van der Waals surface area contributed by atoms with E-state index in [2.05, 4.69) is 4.74 Å². The molecule has 0 aliphatic carbocycles. The molecule has 0 saturated carbocycles. The van der Waals surface area contributed by atoms with Crippen LogP contribution in [0.5, 0.6) is 0 Å². The Morgan fingerprint density at radius 1 is 1.20 bits per heavy atom. The molecule has 5 heteroatoms. The smallest absolute Gasteiger partial charge is 0.375 e. The molecule has 0 N–H and O–H groups in total. The molecule has 15 heavy (non-hydrogen) atoms. The molecule has 0 aliphatic rings. The van der Waals surface area contributed by atoms with Crippen molar-refractivity contribution in [2.75, 3.05) is 13.7 Å². The van der Waals surface area contributed by atoms with E-state index in [0.717, 1.165) is 7.11 Å². The molecule has 0 heterocycles. The quantitative estimate of drug-likeness (QED) is 0.381. The summed E-state index contributed by atoms with van der Waals surface area (Å²) in [5, 5.41) is 0. The Labute approximate surface area is 88.7 Å². The summed E-state index contributed by atoms with van der Waals surface area (Å²) < 4.78 is 8.99. The molecule has 86 valence electrons. The van der Waals surface area contributed by atoms with Crippen molar-refractivity contribution in [3.63, 3.8) is 0 Å². The van der Waals surface area contributed by atoms with E-state index in [4.69, 9.17) is 4.74 Å². The lowest BCUT2D eigenvalue weighted by atomic mass is 9.91. The summed E-state index contributed by atoms with van der Waals surface area (Å²) >= 11 is 0. The number of methoxy groups -OCH3 is 1. The van der Waals surface area contributed by atoms with Crippen LogP contribution in [0.3, 0.4) is 0 Å². The molecule has 0 radical (unpaired) electrons. The lowest BCUT2D eigenvalue weighted by molar-refractivity contribution is -0.162. The summed E-state index contributed by atoms with van der Waals surface area (Å²) in [4.78, 5) is 33.8. The minimum Gasteiger partial charge on any atom is -0.465 e. The van der Waals surface area contributed by atoms with Gasteiger partial charge in [0, 0.05) is 0 Å². The first-order chi connectivity index (χ1) is 6.95. The third kappa shape index (κ3) is 3.69. The van der Waals surface area contributed by atoms with E-state index in [0.29, 0.717) is 0 Å². The van der Waals surface area contributed by atoms with Gasteiger partial charge in [-0.05, 0) is 12.8 Å². The Balaban J connectivity index is 4.74. The minimum atomic E-state index is -1.07. The Bertz CT molecular complexity index is 257. The molecule has 0 fully saturated rings. The maximum absolute atomic E-state index is 11.5. The topological polar surface area (TPSA) is 69.7 Å². The van der Waals surface area contributed by atoms with E-state index >= 15 is 0 Å². The van der Waals surface area contributed by atoms with Crippen molar-refractivity contribution in [3.05, 3.63) is 0 Å². The lowest BCUT2D eigenvalue weighted by Gasteiger charge is -2.16. The standard InChI is InChI=1S/C10H16O5/c1-5-15-9(12)7(6(2)3)8(11)10(13)14-4/h6-7H,5H2,1-4H3. The van der Waals surface area contributed by atoms with Crippen LogP contribution < -0.4 is 0 Å². The zero-order valence-electron chi connectivity index (χ0n) is 9.40. The van der Waals surface area contributed by atoms with Gasteiger partial charge in [-0.1, -0.05) is 13.8 Å². The molecule has 5 nitrogen and oxygen atoms in total. The summed E-state index contributed by atoms with van der Waals surface area (Å²) in [5.41, 5.74) is 0. The summed E-state index contributed by atoms with van der Waals surface area (Å²) in [6, 6.07) is 0. The van der Waals surface area contributed by atoms with E-state index < -0.39 is 23.6 Å². The van der Waals surface area contributed by atoms with Crippen LogP contribution in [0.15, 0.2) is 0 Å². The molecule has 0 spiro atoms. The predicted octanol–water partition coefficient (Wildman–Crippen LogP) is 0.564. The molecule has 0 amide bonds. The van der Waals surface area contributed by atoms with Gasteiger partial charge in [-0.3, -0.25) is 9.59 Å². The van der Waals surface area contributed by atoms with Crippen LogP contribution in [-0.2, 0) is 23.9 Å². The van der Waals surface area contributed by atoms with E-state index in [1.54, 1.807) is 20.8 Å². The lowest BCUT2D eigenvalue weighted by Crippen LogP contribution is -2.35. The van der Waals surface area contributed by atoms with Gasteiger partial charge >= 0.3 is 11.9 Å². The van der Waals surface area contributed by atoms with Crippen molar-refractivity contribution in [2.24, 2.45) is 11.8 Å². The highest BCUT2D eigenvalue weighted by atomic mass is 16.5. The number of ether oxygens (including phenoxy) is 2. The molecular formula is C10H16O5. The van der Waals surface area contributed by atoms with Crippen molar-refractivity contribution in [1.29, 1.82) is 0 Å². The Morgan fingerprint density at radius 2 is 1.73 bits per heavy atom. The number of hydrogen-bond acceptors (Lipinski definition) is 5. The van der Waals surface area contributed by atoms with Gasteiger partial charge in [0.2, 0.25) is 0 Å². The molecular weight excluding hydrogens is 200 g/mol. The van der Waals surface area contributed by atoms with Gasteiger partial charge in [0.15, 0.2) is 0 Å². The highest BCUT2D eigenvalue weighted by molar-refractivity contribution is 6.37. The SMILES string of the molecule is CCOC(=O)C(C(=O)C(=O)OC)C(C)C. The summed E-state index contributed by atoms with van der Waals surface area (Å²) in [5.74, 6) is -3.91. The minimum absolute atomic E-state index is 0.177. The largest absolute Gasteiger partial charge is 0.465 e. The summed E-state index contributed by atoms with van der Waals surface area (Å²) in [6.45, 7) is 5.15.